The highest BCUT2D eigenvalue weighted by Crippen LogP contribution is 2.16. The van der Waals surface area contributed by atoms with Gasteiger partial charge in [0, 0.05) is 19.3 Å². The van der Waals surface area contributed by atoms with Crippen LogP contribution >= 0.6 is 0 Å². The first-order valence-electron chi connectivity index (χ1n) is 33.7. The molecule has 0 aromatic rings. The molecule has 0 aromatic carbocycles. The summed E-state index contributed by atoms with van der Waals surface area (Å²) in [6.45, 7) is 6.53. The summed E-state index contributed by atoms with van der Waals surface area (Å²) in [6.07, 6.45) is 89.8. The van der Waals surface area contributed by atoms with Gasteiger partial charge >= 0.3 is 17.9 Å². The van der Waals surface area contributed by atoms with E-state index in [0.29, 0.717) is 19.3 Å². The van der Waals surface area contributed by atoms with Crippen molar-refractivity contribution in [1.82, 2.24) is 0 Å². The zero-order valence-corrected chi connectivity index (χ0v) is 52.1. The summed E-state index contributed by atoms with van der Waals surface area (Å²) in [6, 6.07) is 0. The fourth-order valence-electron chi connectivity index (χ4n) is 9.50. The van der Waals surface area contributed by atoms with Gasteiger partial charge in [-0.15, -0.1) is 0 Å². The Labute approximate surface area is 489 Å². The third-order valence-corrected chi connectivity index (χ3v) is 14.5. The molecule has 0 saturated heterocycles. The van der Waals surface area contributed by atoms with Crippen LogP contribution in [0.1, 0.15) is 329 Å². The number of ether oxygens (including phenoxy) is 3. The van der Waals surface area contributed by atoms with Gasteiger partial charge in [-0.25, -0.2) is 0 Å². The molecule has 0 heterocycles. The lowest BCUT2D eigenvalue weighted by atomic mass is 10.0. The summed E-state index contributed by atoms with van der Waals surface area (Å²) in [4.78, 5) is 38.4. The van der Waals surface area contributed by atoms with Crippen LogP contribution < -0.4 is 0 Å². The van der Waals surface area contributed by atoms with Gasteiger partial charge in [0.1, 0.15) is 13.2 Å². The van der Waals surface area contributed by atoms with Crippen LogP contribution in [0.5, 0.6) is 0 Å². The van der Waals surface area contributed by atoms with Gasteiger partial charge < -0.3 is 14.2 Å². The molecular weight excluding hydrogens is 973 g/mol. The molecule has 79 heavy (non-hydrogen) atoms. The quantitative estimate of drug-likeness (QED) is 0.0261. The minimum absolute atomic E-state index is 0.0850. The van der Waals surface area contributed by atoms with Crippen molar-refractivity contribution in [2.75, 3.05) is 13.2 Å². The Hall–Kier alpha value is -3.67. The third-order valence-electron chi connectivity index (χ3n) is 14.5. The smallest absolute Gasteiger partial charge is 0.306 e. The van der Waals surface area contributed by atoms with Crippen LogP contribution in [0.25, 0.3) is 0 Å². The molecule has 0 saturated carbocycles. The van der Waals surface area contributed by atoms with Gasteiger partial charge in [-0.05, 0) is 122 Å². The second-order valence-corrected chi connectivity index (χ2v) is 22.3. The summed E-state index contributed by atoms with van der Waals surface area (Å²) in [5, 5.41) is 0. The Bertz CT molecular complexity index is 1540. The van der Waals surface area contributed by atoms with Crippen LogP contribution in [-0.2, 0) is 28.6 Å². The molecule has 454 valence electrons. The molecule has 0 aliphatic heterocycles. The molecule has 6 heteroatoms. The molecule has 0 radical (unpaired) electrons. The van der Waals surface area contributed by atoms with E-state index in [1.807, 2.05) is 0 Å². The topological polar surface area (TPSA) is 78.9 Å². The highest BCUT2D eigenvalue weighted by molar-refractivity contribution is 5.71. The fourth-order valence-corrected chi connectivity index (χ4v) is 9.50. The molecule has 0 bridgehead atoms. The van der Waals surface area contributed by atoms with Crippen LogP contribution in [0, 0.1) is 0 Å². The Morgan fingerprint density at radius 3 is 0.785 bits per heavy atom. The predicted molar refractivity (Wildman–Crippen MR) is 344 cm³/mol. The summed E-state index contributed by atoms with van der Waals surface area (Å²) >= 11 is 0. The van der Waals surface area contributed by atoms with Crippen LogP contribution in [0.15, 0.2) is 97.2 Å². The van der Waals surface area contributed by atoms with Crippen molar-refractivity contribution in [3.63, 3.8) is 0 Å². The zero-order valence-electron chi connectivity index (χ0n) is 52.1. The molecular formula is C73H126O6. The monoisotopic (exact) mass is 1100 g/mol. The van der Waals surface area contributed by atoms with Crippen molar-refractivity contribution in [1.29, 1.82) is 0 Å². The van der Waals surface area contributed by atoms with Gasteiger partial charge in [-0.3, -0.25) is 14.4 Å². The van der Waals surface area contributed by atoms with Crippen molar-refractivity contribution in [2.45, 2.75) is 335 Å². The third kappa shape index (κ3) is 65.0. The lowest BCUT2D eigenvalue weighted by Crippen LogP contribution is -2.30. The SMILES string of the molecule is CC/C=C\C/C=C\C/C=C\C/C=C\C/C=C\CCCCCCCCCC(=O)OCC(COC(=O)CCCCCCC/C=C\CCCCCCCC)OC(=O)CCCCCCCCCCCCC/C=C\C/C=C\CCCCCCC. The maximum absolute atomic E-state index is 12.9. The van der Waals surface area contributed by atoms with Gasteiger partial charge in [0.05, 0.1) is 0 Å². The number of hydrogen-bond acceptors (Lipinski definition) is 6. The van der Waals surface area contributed by atoms with Crippen molar-refractivity contribution in [2.24, 2.45) is 0 Å². The summed E-state index contributed by atoms with van der Waals surface area (Å²) in [5.41, 5.74) is 0. The Morgan fingerprint density at radius 2 is 0.494 bits per heavy atom. The number of rotatable bonds is 61. The predicted octanol–water partition coefficient (Wildman–Crippen LogP) is 23.2. The summed E-state index contributed by atoms with van der Waals surface area (Å²) in [5.74, 6) is -0.893. The van der Waals surface area contributed by atoms with E-state index in [0.717, 1.165) is 109 Å². The normalized spacial score (nSPS) is 12.7. The number of allylic oxidation sites excluding steroid dienone is 16. The summed E-state index contributed by atoms with van der Waals surface area (Å²) < 4.78 is 17.0. The Balaban J connectivity index is 4.38. The van der Waals surface area contributed by atoms with E-state index in [1.54, 1.807) is 0 Å². The molecule has 0 spiro atoms. The average Bonchev–Trinajstić information content (AvgIpc) is 3.45. The molecule has 6 nitrogen and oxygen atoms in total. The molecule has 1 atom stereocenters. The van der Waals surface area contributed by atoms with E-state index >= 15 is 0 Å². The van der Waals surface area contributed by atoms with E-state index in [2.05, 4.69) is 118 Å². The lowest BCUT2D eigenvalue weighted by molar-refractivity contribution is -0.167. The highest BCUT2D eigenvalue weighted by atomic mass is 16.6. The first-order chi connectivity index (χ1) is 39.0. The number of unbranched alkanes of at least 4 members (excludes halogenated alkanes) is 34. The number of esters is 3. The molecule has 0 amide bonds. The van der Waals surface area contributed by atoms with Crippen molar-refractivity contribution >= 4 is 17.9 Å². The van der Waals surface area contributed by atoms with Gasteiger partial charge in [0.25, 0.3) is 0 Å². The number of hydrogen-bond donors (Lipinski definition) is 0. The van der Waals surface area contributed by atoms with Gasteiger partial charge in [-0.2, -0.15) is 0 Å². The molecule has 0 aliphatic rings. The van der Waals surface area contributed by atoms with Crippen LogP contribution in [0.2, 0.25) is 0 Å². The maximum Gasteiger partial charge on any atom is 0.306 e. The van der Waals surface area contributed by atoms with Crippen molar-refractivity contribution in [3.8, 4) is 0 Å². The Kier molecular flexibility index (Phi) is 63.7. The average molecular weight is 1100 g/mol. The van der Waals surface area contributed by atoms with E-state index < -0.39 is 6.10 Å². The first-order valence-corrected chi connectivity index (χ1v) is 33.7. The van der Waals surface area contributed by atoms with Crippen LogP contribution in [0.4, 0.5) is 0 Å². The lowest BCUT2D eigenvalue weighted by Gasteiger charge is -2.18. The van der Waals surface area contributed by atoms with Crippen LogP contribution in [0.3, 0.4) is 0 Å². The zero-order chi connectivity index (χ0) is 57.1. The van der Waals surface area contributed by atoms with Gasteiger partial charge in [0.2, 0.25) is 0 Å². The van der Waals surface area contributed by atoms with E-state index in [9.17, 15) is 14.4 Å². The van der Waals surface area contributed by atoms with E-state index in [-0.39, 0.29) is 31.1 Å². The first kappa shape index (κ1) is 75.3. The molecule has 0 aliphatic carbocycles. The number of carbonyl (C=O) groups is 3. The van der Waals surface area contributed by atoms with E-state index in [1.165, 1.54) is 180 Å². The number of carbonyl (C=O) groups excluding carboxylic acids is 3. The van der Waals surface area contributed by atoms with Gasteiger partial charge in [0.15, 0.2) is 6.10 Å². The summed E-state index contributed by atoms with van der Waals surface area (Å²) in [7, 11) is 0. The maximum atomic E-state index is 12.9. The largest absolute Gasteiger partial charge is 0.462 e. The van der Waals surface area contributed by atoms with Crippen LogP contribution in [-0.4, -0.2) is 37.2 Å². The fraction of sp³-hybridized carbons (Fsp3) is 0.740. The molecule has 0 fully saturated rings. The van der Waals surface area contributed by atoms with Gasteiger partial charge in [-0.1, -0.05) is 285 Å². The van der Waals surface area contributed by atoms with E-state index in [4.69, 9.17) is 14.2 Å². The molecule has 0 aromatic heterocycles. The van der Waals surface area contributed by atoms with Crippen molar-refractivity contribution < 1.29 is 28.6 Å². The molecule has 0 rings (SSSR count). The minimum Gasteiger partial charge on any atom is -0.462 e. The second kappa shape index (κ2) is 66.8. The second-order valence-electron chi connectivity index (χ2n) is 22.3. The standard InChI is InChI=1S/C73H126O6/c1-4-7-10-13-16-19-22-25-28-30-32-34-36-38-40-42-45-48-51-54-57-60-63-66-72(75)78-69-70(68-77-71(74)65-62-59-56-53-50-47-44-27-24-21-18-15-12-9-6-3)79-73(76)67-64-61-58-55-52-49-46-43-41-39-37-35-33-31-29-26-23-20-17-14-11-8-5-2/h7,10,16,19,23,25-28,31-34,38,40,44,70H,4-6,8-9,11-15,17-18,20-22,24,29-30,35-37,39,41-43,45-69H2,1-3H3/b10-7-,19-16-,26-23-,28-25-,33-31-,34-32-,40-38-,44-27-. The minimum atomic E-state index is -0.789. The molecule has 1 unspecified atom stereocenters. The van der Waals surface area contributed by atoms with Crippen molar-refractivity contribution in [3.05, 3.63) is 97.2 Å². The molecule has 0 N–H and O–H groups in total. The highest BCUT2D eigenvalue weighted by Gasteiger charge is 2.19. The Morgan fingerprint density at radius 1 is 0.266 bits per heavy atom.